The van der Waals surface area contributed by atoms with Gasteiger partial charge in [-0.05, 0) is 30.2 Å². The summed E-state index contributed by atoms with van der Waals surface area (Å²) in [4.78, 5) is 2.17. The maximum Gasteiger partial charge on any atom is 0.140 e. The lowest BCUT2D eigenvalue weighted by molar-refractivity contribution is 0.221. The third-order valence-corrected chi connectivity index (χ3v) is 2.35. The first kappa shape index (κ1) is 13.7. The normalized spacial score (nSPS) is 11.6. The van der Waals surface area contributed by atoms with Gasteiger partial charge >= 0.3 is 0 Å². The molecule has 0 aromatic heterocycles. The predicted molar refractivity (Wildman–Crippen MR) is 66.9 cm³/mol. The van der Waals surface area contributed by atoms with Crippen molar-refractivity contribution in [3.8, 4) is 6.07 Å². The lowest BCUT2D eigenvalue weighted by Gasteiger charge is -2.26. The number of hydrogen-bond donors (Lipinski definition) is 0. The highest BCUT2D eigenvalue weighted by Crippen LogP contribution is 2.17. The van der Waals surface area contributed by atoms with E-state index in [-0.39, 0.29) is 11.0 Å². The average molecular weight is 234 g/mol. The van der Waals surface area contributed by atoms with Crippen molar-refractivity contribution >= 4 is 0 Å². The SMILES string of the molecule is CN(Cc1ccc(F)c(C#N)c1)CC(C)(C)C. The Balaban J connectivity index is 2.73. The van der Waals surface area contributed by atoms with E-state index in [1.807, 2.05) is 13.1 Å². The lowest BCUT2D eigenvalue weighted by atomic mass is 9.96. The van der Waals surface area contributed by atoms with Gasteiger partial charge in [0.05, 0.1) is 5.56 Å². The summed E-state index contributed by atoms with van der Waals surface area (Å²) in [5.74, 6) is -0.449. The highest BCUT2D eigenvalue weighted by Gasteiger charge is 2.14. The molecule has 0 bridgehead atoms. The average Bonchev–Trinajstić information content (AvgIpc) is 2.18. The standard InChI is InChI=1S/C14H19FN2/c1-14(2,3)10-17(4)9-11-5-6-13(15)12(7-11)8-16/h5-7H,9-10H2,1-4H3. The van der Waals surface area contributed by atoms with Crippen LogP contribution in [-0.4, -0.2) is 18.5 Å². The van der Waals surface area contributed by atoms with E-state index in [1.165, 1.54) is 6.07 Å². The van der Waals surface area contributed by atoms with E-state index in [1.54, 1.807) is 12.1 Å². The largest absolute Gasteiger partial charge is 0.302 e. The van der Waals surface area contributed by atoms with E-state index in [0.29, 0.717) is 0 Å². The minimum absolute atomic E-state index is 0.117. The minimum Gasteiger partial charge on any atom is -0.302 e. The van der Waals surface area contributed by atoms with Crippen LogP contribution < -0.4 is 0 Å². The molecule has 17 heavy (non-hydrogen) atoms. The van der Waals surface area contributed by atoms with E-state index in [4.69, 9.17) is 5.26 Å². The topological polar surface area (TPSA) is 27.0 Å². The van der Waals surface area contributed by atoms with E-state index in [2.05, 4.69) is 25.7 Å². The fraction of sp³-hybridized carbons (Fsp3) is 0.500. The van der Waals surface area contributed by atoms with Crippen LogP contribution in [0, 0.1) is 22.6 Å². The van der Waals surface area contributed by atoms with Crippen LogP contribution in [0.4, 0.5) is 4.39 Å². The van der Waals surface area contributed by atoms with Gasteiger partial charge in [-0.3, -0.25) is 0 Å². The summed E-state index contributed by atoms with van der Waals surface area (Å²) in [6, 6.07) is 6.57. The van der Waals surface area contributed by atoms with Crippen molar-refractivity contribution in [2.45, 2.75) is 27.3 Å². The Morgan fingerprint density at radius 3 is 2.53 bits per heavy atom. The molecule has 0 aliphatic rings. The molecule has 0 heterocycles. The van der Waals surface area contributed by atoms with Crippen molar-refractivity contribution in [2.24, 2.45) is 5.41 Å². The third kappa shape index (κ3) is 4.54. The van der Waals surface area contributed by atoms with Crippen LogP contribution in [0.3, 0.4) is 0 Å². The Kier molecular flexibility index (Phi) is 4.25. The number of nitriles is 1. The summed E-state index contributed by atoms with van der Waals surface area (Å²) in [6.45, 7) is 8.21. The van der Waals surface area contributed by atoms with Gasteiger partial charge in [0, 0.05) is 13.1 Å². The number of rotatable bonds is 3. The van der Waals surface area contributed by atoms with Crippen molar-refractivity contribution in [3.05, 3.63) is 35.1 Å². The van der Waals surface area contributed by atoms with Gasteiger partial charge in [0.15, 0.2) is 0 Å². The van der Waals surface area contributed by atoms with Crippen LogP contribution in [0.5, 0.6) is 0 Å². The molecule has 2 nitrogen and oxygen atoms in total. The molecule has 0 aliphatic heterocycles. The second-order valence-corrected chi connectivity index (χ2v) is 5.66. The molecule has 0 saturated carbocycles. The molecule has 1 aromatic rings. The quantitative estimate of drug-likeness (QED) is 0.803. The van der Waals surface area contributed by atoms with Crippen LogP contribution >= 0.6 is 0 Å². The summed E-state index contributed by atoms with van der Waals surface area (Å²) in [5, 5.41) is 8.76. The Labute approximate surface area is 103 Å². The summed E-state index contributed by atoms with van der Waals surface area (Å²) in [6.07, 6.45) is 0. The van der Waals surface area contributed by atoms with Gasteiger partial charge < -0.3 is 4.90 Å². The smallest absolute Gasteiger partial charge is 0.140 e. The van der Waals surface area contributed by atoms with Crippen LogP contribution in [-0.2, 0) is 6.54 Å². The lowest BCUT2D eigenvalue weighted by Crippen LogP contribution is -2.28. The highest BCUT2D eigenvalue weighted by molar-refractivity contribution is 5.34. The Hall–Kier alpha value is -1.40. The summed E-state index contributed by atoms with van der Waals surface area (Å²) >= 11 is 0. The van der Waals surface area contributed by atoms with Gasteiger partial charge in [0.1, 0.15) is 11.9 Å². The molecular weight excluding hydrogens is 215 g/mol. The predicted octanol–water partition coefficient (Wildman–Crippen LogP) is 3.18. The monoisotopic (exact) mass is 234 g/mol. The summed E-state index contributed by atoms with van der Waals surface area (Å²) < 4.78 is 13.1. The van der Waals surface area contributed by atoms with Crippen LogP contribution in [0.1, 0.15) is 31.9 Å². The molecule has 0 saturated heterocycles. The first-order valence-corrected chi connectivity index (χ1v) is 5.69. The maximum atomic E-state index is 13.1. The van der Waals surface area contributed by atoms with Crippen molar-refractivity contribution in [2.75, 3.05) is 13.6 Å². The molecular formula is C14H19FN2. The van der Waals surface area contributed by atoms with E-state index >= 15 is 0 Å². The molecule has 0 atom stereocenters. The molecule has 0 radical (unpaired) electrons. The number of hydrogen-bond acceptors (Lipinski definition) is 2. The zero-order chi connectivity index (χ0) is 13.1. The highest BCUT2D eigenvalue weighted by atomic mass is 19.1. The maximum absolute atomic E-state index is 13.1. The molecule has 92 valence electrons. The summed E-state index contributed by atoms with van der Waals surface area (Å²) in [7, 11) is 2.03. The van der Waals surface area contributed by atoms with Gasteiger partial charge in [0.2, 0.25) is 0 Å². The molecule has 0 fully saturated rings. The molecule has 3 heteroatoms. The van der Waals surface area contributed by atoms with Gasteiger partial charge in [-0.1, -0.05) is 26.8 Å². The van der Waals surface area contributed by atoms with Crippen molar-refractivity contribution in [1.82, 2.24) is 4.90 Å². The molecule has 0 aliphatic carbocycles. The Morgan fingerprint density at radius 2 is 2.00 bits per heavy atom. The number of halogens is 1. The molecule has 1 rings (SSSR count). The second-order valence-electron chi connectivity index (χ2n) is 5.66. The Bertz CT molecular complexity index is 427. The van der Waals surface area contributed by atoms with Crippen molar-refractivity contribution in [3.63, 3.8) is 0 Å². The Morgan fingerprint density at radius 1 is 1.35 bits per heavy atom. The van der Waals surface area contributed by atoms with Gasteiger partial charge in [-0.25, -0.2) is 4.39 Å². The molecule has 1 aromatic carbocycles. The first-order valence-electron chi connectivity index (χ1n) is 5.69. The van der Waals surface area contributed by atoms with Gasteiger partial charge in [0.25, 0.3) is 0 Å². The molecule has 0 amide bonds. The van der Waals surface area contributed by atoms with Crippen LogP contribution in [0.15, 0.2) is 18.2 Å². The van der Waals surface area contributed by atoms with E-state index in [9.17, 15) is 4.39 Å². The summed E-state index contributed by atoms with van der Waals surface area (Å²) in [5.41, 5.74) is 1.31. The first-order chi connectivity index (χ1) is 7.81. The van der Waals surface area contributed by atoms with Gasteiger partial charge in [-0.2, -0.15) is 5.26 Å². The van der Waals surface area contributed by atoms with Crippen molar-refractivity contribution < 1.29 is 4.39 Å². The molecule has 0 spiro atoms. The third-order valence-electron chi connectivity index (χ3n) is 2.35. The van der Waals surface area contributed by atoms with Crippen LogP contribution in [0.25, 0.3) is 0 Å². The zero-order valence-electron chi connectivity index (χ0n) is 10.9. The van der Waals surface area contributed by atoms with Crippen LogP contribution in [0.2, 0.25) is 0 Å². The van der Waals surface area contributed by atoms with E-state index in [0.717, 1.165) is 18.7 Å². The second kappa shape index (κ2) is 5.29. The fourth-order valence-corrected chi connectivity index (χ4v) is 1.93. The number of benzene rings is 1. The zero-order valence-corrected chi connectivity index (χ0v) is 10.9. The minimum atomic E-state index is -0.449. The van der Waals surface area contributed by atoms with E-state index < -0.39 is 5.82 Å². The van der Waals surface area contributed by atoms with Crippen molar-refractivity contribution in [1.29, 1.82) is 5.26 Å². The number of nitrogens with zero attached hydrogens (tertiary/aromatic N) is 2. The fourth-order valence-electron chi connectivity index (χ4n) is 1.93. The van der Waals surface area contributed by atoms with Gasteiger partial charge in [-0.15, -0.1) is 0 Å². The molecule has 0 N–H and O–H groups in total. The molecule has 0 unspecified atom stereocenters.